The fourth-order valence-corrected chi connectivity index (χ4v) is 2.23. The van der Waals surface area contributed by atoms with Crippen LogP contribution in [0.1, 0.15) is 21.5 Å². The van der Waals surface area contributed by atoms with Crippen molar-refractivity contribution in [1.29, 1.82) is 0 Å². The predicted molar refractivity (Wildman–Crippen MR) is 70.8 cm³/mol. The van der Waals surface area contributed by atoms with E-state index in [0.29, 0.717) is 11.3 Å². The van der Waals surface area contributed by atoms with Crippen molar-refractivity contribution in [3.63, 3.8) is 0 Å². The molecule has 0 heterocycles. The molecule has 2 heteroatoms. The molecular formula is C16H12O2. The van der Waals surface area contributed by atoms with Gasteiger partial charge < -0.3 is 4.74 Å². The summed E-state index contributed by atoms with van der Waals surface area (Å²) in [6.07, 6.45) is 1.69. The number of ether oxygens (including phenoxy) is 1. The standard InChI is InChI=1S/C16H12O2/c1-18-12-7-8-13-14(10-16(17)15(13)9-12)11-5-3-2-4-6-11/h2-10H,1H3. The summed E-state index contributed by atoms with van der Waals surface area (Å²) >= 11 is 0. The first kappa shape index (κ1) is 10.8. The van der Waals surface area contributed by atoms with Crippen molar-refractivity contribution in [3.8, 4) is 5.75 Å². The van der Waals surface area contributed by atoms with E-state index < -0.39 is 0 Å². The Morgan fingerprint density at radius 1 is 0.944 bits per heavy atom. The highest BCUT2D eigenvalue weighted by molar-refractivity contribution is 6.19. The molecule has 0 atom stereocenters. The molecule has 0 saturated heterocycles. The lowest BCUT2D eigenvalue weighted by Gasteiger charge is -2.06. The maximum atomic E-state index is 12.0. The third-order valence-corrected chi connectivity index (χ3v) is 3.14. The summed E-state index contributed by atoms with van der Waals surface area (Å²) in [5.41, 5.74) is 3.74. The molecule has 0 N–H and O–H groups in total. The molecule has 2 aromatic carbocycles. The molecule has 88 valence electrons. The second-order valence-corrected chi connectivity index (χ2v) is 4.20. The molecule has 2 nitrogen and oxygen atoms in total. The van der Waals surface area contributed by atoms with Crippen LogP contribution in [0, 0.1) is 0 Å². The number of methoxy groups -OCH3 is 1. The largest absolute Gasteiger partial charge is 0.497 e. The third kappa shape index (κ3) is 1.63. The molecule has 0 spiro atoms. The Kier molecular flexibility index (Phi) is 2.49. The summed E-state index contributed by atoms with van der Waals surface area (Å²) in [6, 6.07) is 15.6. The lowest BCUT2D eigenvalue weighted by Crippen LogP contribution is -1.93. The lowest BCUT2D eigenvalue weighted by molar-refractivity contribution is 0.104. The van der Waals surface area contributed by atoms with E-state index in [1.165, 1.54) is 0 Å². The first-order valence-corrected chi connectivity index (χ1v) is 5.79. The van der Waals surface area contributed by atoms with Crippen LogP contribution in [0.15, 0.2) is 54.6 Å². The first-order valence-electron chi connectivity index (χ1n) is 5.79. The van der Waals surface area contributed by atoms with E-state index in [9.17, 15) is 4.79 Å². The smallest absolute Gasteiger partial charge is 0.187 e. The van der Waals surface area contributed by atoms with Crippen molar-refractivity contribution in [2.24, 2.45) is 0 Å². The Labute approximate surface area is 106 Å². The highest BCUT2D eigenvalue weighted by Gasteiger charge is 2.22. The number of carbonyl (C=O) groups excluding carboxylic acids is 1. The molecule has 0 aromatic heterocycles. The molecule has 0 saturated carbocycles. The normalized spacial score (nSPS) is 13.2. The van der Waals surface area contributed by atoms with E-state index in [0.717, 1.165) is 16.7 Å². The van der Waals surface area contributed by atoms with Crippen LogP contribution in [-0.2, 0) is 0 Å². The van der Waals surface area contributed by atoms with Gasteiger partial charge in [-0.3, -0.25) is 4.79 Å². The number of carbonyl (C=O) groups is 1. The van der Waals surface area contributed by atoms with Crippen LogP contribution in [0.3, 0.4) is 0 Å². The summed E-state index contributed by atoms with van der Waals surface area (Å²) in [7, 11) is 1.60. The Morgan fingerprint density at radius 2 is 1.72 bits per heavy atom. The minimum Gasteiger partial charge on any atom is -0.497 e. The fraction of sp³-hybridized carbons (Fsp3) is 0.0625. The number of allylic oxidation sites excluding steroid dienone is 1. The van der Waals surface area contributed by atoms with Gasteiger partial charge in [0.1, 0.15) is 5.75 Å². The molecule has 1 aliphatic rings. The molecule has 0 unspecified atom stereocenters. The molecule has 1 aliphatic carbocycles. The van der Waals surface area contributed by atoms with Crippen LogP contribution in [-0.4, -0.2) is 12.9 Å². The van der Waals surface area contributed by atoms with Crippen LogP contribution >= 0.6 is 0 Å². The average Bonchev–Trinajstić information content (AvgIpc) is 2.77. The van der Waals surface area contributed by atoms with Crippen molar-refractivity contribution in [2.75, 3.05) is 7.11 Å². The monoisotopic (exact) mass is 236 g/mol. The predicted octanol–water partition coefficient (Wildman–Crippen LogP) is 3.32. The number of fused-ring (bicyclic) bond motifs is 1. The van der Waals surface area contributed by atoms with Crippen molar-refractivity contribution < 1.29 is 9.53 Å². The molecule has 0 radical (unpaired) electrons. The average molecular weight is 236 g/mol. The van der Waals surface area contributed by atoms with Crippen LogP contribution < -0.4 is 4.74 Å². The number of benzene rings is 2. The molecule has 2 aromatic rings. The van der Waals surface area contributed by atoms with Gasteiger partial charge in [0.15, 0.2) is 5.78 Å². The molecular weight excluding hydrogens is 224 g/mol. The maximum absolute atomic E-state index is 12.0. The van der Waals surface area contributed by atoms with Gasteiger partial charge >= 0.3 is 0 Å². The van der Waals surface area contributed by atoms with Gasteiger partial charge in [0, 0.05) is 5.56 Å². The molecule has 0 bridgehead atoms. The van der Waals surface area contributed by atoms with E-state index >= 15 is 0 Å². The molecule has 0 aliphatic heterocycles. The van der Waals surface area contributed by atoms with E-state index in [1.54, 1.807) is 19.3 Å². The fourth-order valence-electron chi connectivity index (χ4n) is 2.23. The maximum Gasteiger partial charge on any atom is 0.187 e. The lowest BCUT2D eigenvalue weighted by atomic mass is 9.99. The molecule has 0 fully saturated rings. The highest BCUT2D eigenvalue weighted by Crippen LogP contribution is 2.34. The van der Waals surface area contributed by atoms with Crippen LogP contribution in [0.2, 0.25) is 0 Å². The minimum atomic E-state index is 0.0442. The van der Waals surface area contributed by atoms with E-state index in [4.69, 9.17) is 4.74 Å². The second-order valence-electron chi connectivity index (χ2n) is 4.20. The van der Waals surface area contributed by atoms with Gasteiger partial charge in [-0.1, -0.05) is 30.3 Å². The van der Waals surface area contributed by atoms with Crippen molar-refractivity contribution in [2.45, 2.75) is 0 Å². The molecule has 0 amide bonds. The van der Waals surface area contributed by atoms with Crippen LogP contribution in [0.5, 0.6) is 5.75 Å². The Balaban J connectivity index is 2.13. The van der Waals surface area contributed by atoms with Crippen molar-refractivity contribution in [3.05, 3.63) is 71.3 Å². The van der Waals surface area contributed by atoms with E-state index in [1.807, 2.05) is 42.5 Å². The number of hydrogen-bond acceptors (Lipinski definition) is 2. The van der Waals surface area contributed by atoms with Gasteiger partial charge in [0.2, 0.25) is 0 Å². The number of ketones is 1. The number of hydrogen-bond donors (Lipinski definition) is 0. The zero-order valence-corrected chi connectivity index (χ0v) is 10.0. The zero-order chi connectivity index (χ0) is 12.5. The zero-order valence-electron chi connectivity index (χ0n) is 10.0. The van der Waals surface area contributed by atoms with Gasteiger partial charge in [-0.2, -0.15) is 0 Å². The molecule has 3 rings (SSSR count). The van der Waals surface area contributed by atoms with Crippen LogP contribution in [0.25, 0.3) is 5.57 Å². The summed E-state index contributed by atoms with van der Waals surface area (Å²) < 4.78 is 5.15. The van der Waals surface area contributed by atoms with Crippen molar-refractivity contribution >= 4 is 11.4 Å². The van der Waals surface area contributed by atoms with Gasteiger partial charge in [0.05, 0.1) is 7.11 Å². The molecule has 18 heavy (non-hydrogen) atoms. The first-order chi connectivity index (χ1) is 8.79. The summed E-state index contributed by atoms with van der Waals surface area (Å²) in [4.78, 5) is 12.0. The van der Waals surface area contributed by atoms with E-state index in [2.05, 4.69) is 0 Å². The van der Waals surface area contributed by atoms with Gasteiger partial charge in [0.25, 0.3) is 0 Å². The second kappa shape index (κ2) is 4.15. The summed E-state index contributed by atoms with van der Waals surface area (Å²) in [5.74, 6) is 0.757. The summed E-state index contributed by atoms with van der Waals surface area (Å²) in [6.45, 7) is 0. The van der Waals surface area contributed by atoms with Crippen LogP contribution in [0.4, 0.5) is 0 Å². The van der Waals surface area contributed by atoms with Gasteiger partial charge in [-0.25, -0.2) is 0 Å². The van der Waals surface area contributed by atoms with Crippen molar-refractivity contribution in [1.82, 2.24) is 0 Å². The van der Waals surface area contributed by atoms with Gasteiger partial charge in [-0.05, 0) is 41.0 Å². The number of rotatable bonds is 2. The van der Waals surface area contributed by atoms with E-state index in [-0.39, 0.29) is 5.78 Å². The Morgan fingerprint density at radius 3 is 2.44 bits per heavy atom. The summed E-state index contributed by atoms with van der Waals surface area (Å²) in [5, 5.41) is 0. The van der Waals surface area contributed by atoms with Gasteiger partial charge in [-0.15, -0.1) is 0 Å². The Bertz CT molecular complexity index is 639. The topological polar surface area (TPSA) is 26.3 Å². The quantitative estimate of drug-likeness (QED) is 0.799. The Hall–Kier alpha value is -2.35. The third-order valence-electron chi connectivity index (χ3n) is 3.14. The minimum absolute atomic E-state index is 0.0442. The highest BCUT2D eigenvalue weighted by atomic mass is 16.5. The SMILES string of the molecule is COc1ccc2c(c1)C(=O)C=C2c1ccccc1.